The summed E-state index contributed by atoms with van der Waals surface area (Å²) in [7, 11) is -2.86. The van der Waals surface area contributed by atoms with Crippen LogP contribution in [0, 0.1) is 12.8 Å². The Balaban J connectivity index is 0.00000208. The van der Waals surface area contributed by atoms with Crippen molar-refractivity contribution in [1.82, 2.24) is 19.7 Å². The van der Waals surface area contributed by atoms with E-state index in [1.54, 1.807) is 13.8 Å². The van der Waals surface area contributed by atoms with Gasteiger partial charge in [0.2, 0.25) is 0 Å². The van der Waals surface area contributed by atoms with E-state index in [1.807, 2.05) is 0 Å². The molecule has 1 saturated heterocycles. The van der Waals surface area contributed by atoms with E-state index in [1.165, 1.54) is 10.9 Å². The van der Waals surface area contributed by atoms with Crippen molar-refractivity contribution in [2.45, 2.75) is 39.7 Å². The van der Waals surface area contributed by atoms with Crippen LogP contribution < -0.4 is 5.56 Å². The Labute approximate surface area is 138 Å². The highest BCUT2D eigenvalue weighted by Crippen LogP contribution is 2.40. The van der Waals surface area contributed by atoms with Crippen LogP contribution in [-0.4, -0.2) is 48.6 Å². The second-order valence-corrected chi connectivity index (χ2v) is 6.08. The molecule has 24 heavy (non-hydrogen) atoms. The number of ether oxygens (including phenoxy) is 1. The number of H-pyrrole nitrogens is 1. The molecule has 11 heteroatoms. The molecule has 3 rings (SSSR count). The molecule has 0 bridgehead atoms. The molecule has 10 nitrogen and oxygen atoms in total. The number of aliphatic hydroxyl groups excluding tert-OH is 1. The molecule has 3 heterocycles. The summed E-state index contributed by atoms with van der Waals surface area (Å²) in [5, 5.41) is 13.8. The van der Waals surface area contributed by atoms with Crippen LogP contribution in [-0.2, 0) is 13.8 Å². The summed E-state index contributed by atoms with van der Waals surface area (Å²) in [6.45, 7) is 3.10. The molecule has 2 aromatic rings. The van der Waals surface area contributed by atoms with Crippen molar-refractivity contribution in [3.8, 4) is 0 Å². The topological polar surface area (TPSA) is 140 Å². The van der Waals surface area contributed by atoms with Gasteiger partial charge >= 0.3 is 8.25 Å². The van der Waals surface area contributed by atoms with E-state index in [0.29, 0.717) is 5.82 Å². The summed E-state index contributed by atoms with van der Waals surface area (Å²) in [6, 6.07) is 0. The van der Waals surface area contributed by atoms with Crippen molar-refractivity contribution in [3.05, 3.63) is 22.4 Å². The van der Waals surface area contributed by atoms with Crippen LogP contribution >= 0.6 is 8.25 Å². The van der Waals surface area contributed by atoms with E-state index in [2.05, 4.69) is 15.1 Å². The van der Waals surface area contributed by atoms with Gasteiger partial charge in [0.05, 0.1) is 18.9 Å². The summed E-state index contributed by atoms with van der Waals surface area (Å²) in [5.41, 5.74) is -0.0574. The highest BCUT2D eigenvalue weighted by Gasteiger charge is 2.49. The number of aryl methyl sites for hydroxylation is 1. The van der Waals surface area contributed by atoms with Gasteiger partial charge in [-0.15, -0.1) is 9.42 Å². The zero-order chi connectivity index (χ0) is 16.7. The molecule has 1 aliphatic heterocycles. The molecule has 0 saturated carbocycles. The predicted molar refractivity (Wildman–Crippen MR) is 84.5 cm³/mol. The molecule has 0 amide bonds. The average molecular weight is 359 g/mol. The van der Waals surface area contributed by atoms with Crippen LogP contribution in [0.5, 0.6) is 0 Å². The van der Waals surface area contributed by atoms with Crippen molar-refractivity contribution in [3.63, 3.8) is 0 Å². The lowest BCUT2D eigenvalue weighted by atomic mass is 10.0. The van der Waals surface area contributed by atoms with Crippen LogP contribution in [0.3, 0.4) is 0 Å². The molecule has 0 aliphatic carbocycles. The van der Waals surface area contributed by atoms with Crippen molar-refractivity contribution in [2.75, 3.05) is 6.61 Å². The van der Waals surface area contributed by atoms with Gasteiger partial charge in [-0.3, -0.25) is 4.79 Å². The third kappa shape index (κ3) is 3.11. The van der Waals surface area contributed by atoms with E-state index in [-0.39, 0.29) is 36.5 Å². The fourth-order valence-electron chi connectivity index (χ4n) is 2.74. The first kappa shape index (κ1) is 18.6. The molecular weight excluding hydrogens is 339 g/mol. The Hall–Kier alpha value is -1.71. The van der Waals surface area contributed by atoms with Gasteiger partial charge in [-0.25, -0.2) is 9.67 Å². The number of aromatic nitrogens is 4. The second kappa shape index (κ2) is 7.04. The third-order valence-corrected chi connectivity index (χ3v) is 4.34. The van der Waals surface area contributed by atoms with Crippen LogP contribution in [0.4, 0.5) is 0 Å². The van der Waals surface area contributed by atoms with Crippen LogP contribution in [0.15, 0.2) is 11.0 Å². The van der Waals surface area contributed by atoms with Gasteiger partial charge in [0.25, 0.3) is 5.56 Å². The van der Waals surface area contributed by atoms with Gasteiger partial charge < -0.3 is 14.8 Å². The molecule has 2 aromatic heterocycles. The van der Waals surface area contributed by atoms with E-state index in [9.17, 15) is 14.5 Å². The van der Waals surface area contributed by atoms with Crippen LogP contribution in [0.25, 0.3) is 11.0 Å². The maximum absolute atomic E-state index is 11.9. The van der Waals surface area contributed by atoms with E-state index < -0.39 is 26.7 Å². The van der Waals surface area contributed by atoms with Gasteiger partial charge in [0, 0.05) is 10.5 Å². The van der Waals surface area contributed by atoms with E-state index in [0.717, 1.165) is 0 Å². The maximum atomic E-state index is 11.9. The molecule has 0 radical (unpaired) electrons. The first-order valence-corrected chi connectivity index (χ1v) is 8.08. The second-order valence-electron chi connectivity index (χ2n) is 5.39. The summed E-state index contributed by atoms with van der Waals surface area (Å²) in [4.78, 5) is 27.8. The highest BCUT2D eigenvalue weighted by atomic mass is 31.1. The number of aromatic amines is 1. The number of nitrogens with zero attached hydrogens (tertiary/aromatic N) is 3. The van der Waals surface area contributed by atoms with Crippen LogP contribution in [0.1, 0.15) is 26.4 Å². The Kier molecular flexibility index (Phi) is 5.46. The Morgan fingerprint density at radius 1 is 1.54 bits per heavy atom. The van der Waals surface area contributed by atoms with Crippen molar-refractivity contribution < 1.29 is 23.8 Å². The number of nitrogens with one attached hydrogen (secondary N) is 1. The maximum Gasteiger partial charge on any atom is 0.695 e. The molecule has 0 aromatic carbocycles. The SMILES string of the molecule is C.Cc1nc2c(cnn2[C@@H]2O[C@H](CO)[C@H](C)C2O[P+](=O)O)c(=O)[nH]1. The Morgan fingerprint density at radius 3 is 2.88 bits per heavy atom. The number of hydrogen-bond donors (Lipinski definition) is 3. The fourth-order valence-corrected chi connectivity index (χ4v) is 3.25. The minimum Gasteiger partial charge on any atom is -0.394 e. The number of hydrogen-bond acceptors (Lipinski definition) is 7. The first-order chi connectivity index (χ1) is 10.9. The quantitative estimate of drug-likeness (QED) is 0.675. The number of fused-ring (bicyclic) bond motifs is 1. The smallest absolute Gasteiger partial charge is 0.394 e. The summed E-state index contributed by atoms with van der Waals surface area (Å²) >= 11 is 0. The minimum absolute atomic E-state index is 0. The summed E-state index contributed by atoms with van der Waals surface area (Å²) in [6.07, 6.45) is -0.927. The Morgan fingerprint density at radius 2 is 2.25 bits per heavy atom. The number of rotatable bonds is 4. The highest BCUT2D eigenvalue weighted by molar-refractivity contribution is 7.32. The normalized spacial score (nSPS) is 27.2. The predicted octanol–water partition coefficient (Wildman–Crippen LogP) is 0.625. The lowest BCUT2D eigenvalue weighted by Gasteiger charge is -2.16. The molecule has 1 fully saturated rings. The van der Waals surface area contributed by atoms with Gasteiger partial charge in [-0.1, -0.05) is 14.4 Å². The van der Waals surface area contributed by atoms with Gasteiger partial charge in [0.15, 0.2) is 18.0 Å². The van der Waals surface area contributed by atoms with Crippen LogP contribution in [0.2, 0.25) is 0 Å². The molecular formula is C13H20N4O6P+. The van der Waals surface area contributed by atoms with Gasteiger partial charge in [-0.2, -0.15) is 5.10 Å². The first-order valence-electron chi connectivity index (χ1n) is 6.95. The molecule has 132 valence electrons. The standard InChI is InChI=1S/C12H15N4O6P.CH4/c1-5-8(4-17)21-12(9(5)22-23(19)20)16-10-7(3-13-16)11(18)15-6(2)14-10;/h3,5,8-9,12,17H,4H2,1-2H3,(H-,13,14,15,18,19,20);1H4/p+1/t5-,8+,9?,12+;/m0./s1. The fraction of sp³-hybridized carbons (Fsp3) is 0.615. The summed E-state index contributed by atoms with van der Waals surface area (Å²) < 4.78 is 23.2. The molecule has 1 aliphatic rings. The number of aliphatic hydroxyl groups is 1. The van der Waals surface area contributed by atoms with E-state index in [4.69, 9.17) is 14.2 Å². The zero-order valence-electron chi connectivity index (χ0n) is 12.4. The van der Waals surface area contributed by atoms with Gasteiger partial charge in [-0.05, 0) is 6.92 Å². The zero-order valence-corrected chi connectivity index (χ0v) is 13.3. The molecule has 0 spiro atoms. The largest absolute Gasteiger partial charge is 0.695 e. The molecule has 3 N–H and O–H groups in total. The van der Waals surface area contributed by atoms with Gasteiger partial charge in [0.1, 0.15) is 11.2 Å². The lowest BCUT2D eigenvalue weighted by molar-refractivity contribution is -0.0510. The summed E-state index contributed by atoms with van der Waals surface area (Å²) in [5.74, 6) is 0.0538. The Bertz CT molecular complexity index is 805. The minimum atomic E-state index is -2.86. The third-order valence-electron chi connectivity index (χ3n) is 3.91. The molecule has 2 unspecified atom stereocenters. The average Bonchev–Trinajstić information content (AvgIpc) is 3.01. The van der Waals surface area contributed by atoms with Crippen molar-refractivity contribution in [2.24, 2.45) is 5.92 Å². The monoisotopic (exact) mass is 359 g/mol. The lowest BCUT2D eigenvalue weighted by Crippen LogP contribution is -2.27. The van der Waals surface area contributed by atoms with Crippen molar-refractivity contribution >= 4 is 19.3 Å². The van der Waals surface area contributed by atoms with Crippen molar-refractivity contribution in [1.29, 1.82) is 0 Å². The molecule has 5 atom stereocenters. The van der Waals surface area contributed by atoms with E-state index >= 15 is 0 Å².